The molecule has 1 saturated carbocycles. The fraction of sp³-hybridized carbons (Fsp3) is 0.346. The van der Waals surface area contributed by atoms with Crippen molar-refractivity contribution in [1.29, 1.82) is 5.26 Å². The SMILES string of the molecule is C=C(/N=C\C(C#N)=C/C)OS.COc1ccncc1N(c1ccc(C(F)(F)F)cc1)C1CCCCC1. The van der Waals surface area contributed by atoms with Crippen molar-refractivity contribution >= 4 is 30.5 Å². The van der Waals surface area contributed by atoms with Crippen LogP contribution in [0, 0.1) is 11.3 Å². The Morgan fingerprint density at radius 2 is 1.89 bits per heavy atom. The number of anilines is 2. The predicted molar refractivity (Wildman–Crippen MR) is 138 cm³/mol. The van der Waals surface area contributed by atoms with Gasteiger partial charge in [-0.25, -0.2) is 4.99 Å². The minimum atomic E-state index is -4.33. The number of nitriles is 1. The van der Waals surface area contributed by atoms with Gasteiger partial charge in [-0.1, -0.05) is 25.3 Å². The molecule has 1 aliphatic carbocycles. The highest BCUT2D eigenvalue weighted by molar-refractivity contribution is 7.75. The average molecular weight is 519 g/mol. The second-order valence-corrected chi connectivity index (χ2v) is 8.04. The molecule has 1 heterocycles. The standard InChI is InChI=1S/C19H21F3N2O.C7H8N2OS/c1-25-18-11-12-23-13-17(18)24(15-5-3-2-4-6-15)16-9-7-14(8-10-16)19(20,21)22;1-3-7(4-8)5-9-6(2)10-11/h7-13,15H,2-6H2,1H3;3,5,11H,2H2,1H3/b;7-3-,9-5-. The zero-order chi connectivity index (χ0) is 26.6. The summed E-state index contributed by atoms with van der Waals surface area (Å²) >= 11 is 3.46. The first-order chi connectivity index (χ1) is 17.2. The van der Waals surface area contributed by atoms with Gasteiger partial charge in [0.25, 0.3) is 0 Å². The number of methoxy groups -OCH3 is 1. The molecule has 1 aromatic heterocycles. The zero-order valence-electron chi connectivity index (χ0n) is 20.2. The lowest BCUT2D eigenvalue weighted by Gasteiger charge is -2.36. The Balaban J connectivity index is 0.000000352. The summed E-state index contributed by atoms with van der Waals surface area (Å²) in [6.45, 7) is 5.13. The van der Waals surface area contributed by atoms with Gasteiger partial charge >= 0.3 is 6.18 Å². The number of aromatic nitrogens is 1. The molecule has 0 radical (unpaired) electrons. The van der Waals surface area contributed by atoms with Gasteiger partial charge in [-0.15, -0.1) is 0 Å². The van der Waals surface area contributed by atoms with Crippen molar-refractivity contribution in [3.05, 3.63) is 72.4 Å². The Kier molecular flexibility index (Phi) is 11.3. The topological polar surface area (TPSA) is 70.7 Å². The quantitative estimate of drug-likeness (QED) is 0.136. The number of benzene rings is 1. The molecular formula is C26H29F3N4O2S. The molecule has 0 atom stereocenters. The maximum Gasteiger partial charge on any atom is 0.416 e. The molecule has 1 fully saturated rings. The Hall–Kier alpha value is -3.45. The molecule has 1 aliphatic rings. The summed E-state index contributed by atoms with van der Waals surface area (Å²) in [7, 11) is 1.59. The summed E-state index contributed by atoms with van der Waals surface area (Å²) in [4.78, 5) is 9.94. The van der Waals surface area contributed by atoms with E-state index in [1.165, 1.54) is 24.8 Å². The van der Waals surface area contributed by atoms with E-state index in [1.807, 2.05) is 6.07 Å². The summed E-state index contributed by atoms with van der Waals surface area (Å²) in [5.74, 6) is 0.823. The van der Waals surface area contributed by atoms with Crippen molar-refractivity contribution in [3.8, 4) is 11.8 Å². The average Bonchev–Trinajstić information content (AvgIpc) is 2.90. The molecule has 10 heteroatoms. The molecule has 192 valence electrons. The number of pyridine rings is 1. The monoisotopic (exact) mass is 518 g/mol. The Bertz CT molecular complexity index is 1090. The van der Waals surface area contributed by atoms with Gasteiger partial charge in [0.2, 0.25) is 5.88 Å². The number of thiol groups is 1. The normalized spacial score (nSPS) is 14.4. The first kappa shape index (κ1) is 28.8. The molecular weight excluding hydrogens is 489 g/mol. The van der Waals surface area contributed by atoms with E-state index in [1.54, 1.807) is 38.6 Å². The lowest BCUT2D eigenvalue weighted by atomic mass is 9.93. The second-order valence-electron chi connectivity index (χ2n) is 7.85. The van der Waals surface area contributed by atoms with Gasteiger partial charge in [0, 0.05) is 43.1 Å². The molecule has 0 bridgehead atoms. The molecule has 0 spiro atoms. The third-order valence-electron chi connectivity index (χ3n) is 5.55. The van der Waals surface area contributed by atoms with Gasteiger partial charge in [-0.2, -0.15) is 18.4 Å². The third kappa shape index (κ3) is 8.34. The summed E-state index contributed by atoms with van der Waals surface area (Å²) in [6.07, 6.45) is 7.45. The zero-order valence-corrected chi connectivity index (χ0v) is 21.1. The number of ether oxygens (including phenoxy) is 1. The van der Waals surface area contributed by atoms with Crippen molar-refractivity contribution in [2.45, 2.75) is 51.2 Å². The van der Waals surface area contributed by atoms with Gasteiger partial charge in [0.05, 0.1) is 24.4 Å². The molecule has 1 aromatic carbocycles. The Morgan fingerprint density at radius 3 is 2.42 bits per heavy atom. The molecule has 0 aliphatic heterocycles. The minimum absolute atomic E-state index is 0.155. The number of hydrogen-bond donors (Lipinski definition) is 1. The maximum absolute atomic E-state index is 12.9. The van der Waals surface area contributed by atoms with Crippen LogP contribution in [-0.2, 0) is 10.4 Å². The summed E-state index contributed by atoms with van der Waals surface area (Å²) in [6, 6.07) is 9.25. The molecule has 2 aromatic rings. The van der Waals surface area contributed by atoms with Gasteiger partial charge in [0.15, 0.2) is 0 Å². The van der Waals surface area contributed by atoms with E-state index < -0.39 is 11.7 Å². The van der Waals surface area contributed by atoms with Crippen LogP contribution in [0.25, 0.3) is 0 Å². The number of alkyl halides is 3. The van der Waals surface area contributed by atoms with Gasteiger partial charge in [0.1, 0.15) is 17.5 Å². The Morgan fingerprint density at radius 1 is 1.22 bits per heavy atom. The minimum Gasteiger partial charge on any atom is -0.494 e. The van der Waals surface area contributed by atoms with Gasteiger partial charge in [-0.05, 0) is 50.6 Å². The highest BCUT2D eigenvalue weighted by atomic mass is 32.1. The van der Waals surface area contributed by atoms with E-state index in [0.717, 1.165) is 49.2 Å². The number of halogens is 3. The van der Waals surface area contributed by atoms with Crippen molar-refractivity contribution in [1.82, 2.24) is 4.98 Å². The molecule has 3 rings (SSSR count). The lowest BCUT2D eigenvalue weighted by Crippen LogP contribution is -2.33. The van der Waals surface area contributed by atoms with Gasteiger partial charge < -0.3 is 13.8 Å². The van der Waals surface area contributed by atoms with Crippen LogP contribution >= 0.6 is 12.9 Å². The number of rotatable bonds is 7. The Labute approximate surface area is 215 Å². The lowest BCUT2D eigenvalue weighted by molar-refractivity contribution is -0.137. The number of aliphatic imine (C=N–C) groups is 1. The largest absolute Gasteiger partial charge is 0.494 e. The number of nitrogens with zero attached hydrogens (tertiary/aromatic N) is 4. The van der Waals surface area contributed by atoms with Crippen LogP contribution in [0.3, 0.4) is 0 Å². The summed E-state index contributed by atoms with van der Waals surface area (Å²) < 4.78 is 48.4. The molecule has 6 nitrogen and oxygen atoms in total. The van der Waals surface area contributed by atoms with Crippen molar-refractivity contribution in [3.63, 3.8) is 0 Å². The molecule has 0 saturated heterocycles. The van der Waals surface area contributed by atoms with Crippen LogP contribution < -0.4 is 9.64 Å². The maximum atomic E-state index is 12.9. The number of hydrogen-bond acceptors (Lipinski definition) is 7. The first-order valence-corrected chi connectivity index (χ1v) is 11.7. The van der Waals surface area contributed by atoms with E-state index in [2.05, 4.69) is 38.5 Å². The van der Waals surface area contributed by atoms with E-state index in [9.17, 15) is 13.2 Å². The van der Waals surface area contributed by atoms with Crippen LogP contribution in [0.15, 0.2) is 71.8 Å². The van der Waals surface area contributed by atoms with Crippen LogP contribution in [-0.4, -0.2) is 24.4 Å². The molecule has 36 heavy (non-hydrogen) atoms. The van der Waals surface area contributed by atoms with E-state index in [4.69, 9.17) is 10.00 Å². The fourth-order valence-electron chi connectivity index (χ4n) is 3.76. The fourth-order valence-corrected chi connectivity index (χ4v) is 3.80. The first-order valence-electron chi connectivity index (χ1n) is 11.3. The highest BCUT2D eigenvalue weighted by Gasteiger charge is 2.31. The van der Waals surface area contributed by atoms with Crippen LogP contribution in [0.1, 0.15) is 44.6 Å². The molecule has 0 N–H and O–H groups in total. The van der Waals surface area contributed by atoms with Crippen molar-refractivity contribution < 1.29 is 22.1 Å². The van der Waals surface area contributed by atoms with E-state index >= 15 is 0 Å². The van der Waals surface area contributed by atoms with Crippen LogP contribution in [0.4, 0.5) is 24.5 Å². The molecule has 0 amide bonds. The summed E-state index contributed by atoms with van der Waals surface area (Å²) in [5.41, 5.74) is 1.33. The van der Waals surface area contributed by atoms with Crippen molar-refractivity contribution in [2.24, 2.45) is 4.99 Å². The molecule has 0 unspecified atom stereocenters. The van der Waals surface area contributed by atoms with Crippen LogP contribution in [0.2, 0.25) is 0 Å². The second kappa shape index (κ2) is 14.2. The highest BCUT2D eigenvalue weighted by Crippen LogP contribution is 2.39. The number of allylic oxidation sites excluding steroid dienone is 2. The van der Waals surface area contributed by atoms with E-state index in [0.29, 0.717) is 11.3 Å². The van der Waals surface area contributed by atoms with E-state index in [-0.39, 0.29) is 11.9 Å². The predicted octanol–water partition coefficient (Wildman–Crippen LogP) is 7.44. The van der Waals surface area contributed by atoms with Crippen molar-refractivity contribution in [2.75, 3.05) is 12.0 Å². The van der Waals surface area contributed by atoms with Crippen LogP contribution in [0.5, 0.6) is 5.75 Å². The smallest absolute Gasteiger partial charge is 0.416 e. The van der Waals surface area contributed by atoms with Gasteiger partial charge in [-0.3, -0.25) is 4.98 Å². The summed E-state index contributed by atoms with van der Waals surface area (Å²) in [5, 5.41) is 8.41. The third-order valence-corrected chi connectivity index (χ3v) is 5.76.